The quantitative estimate of drug-likeness (QED) is 0.535. The maximum Gasteiger partial charge on any atom is 0.253 e. The molecule has 0 fully saturated rings. The zero-order valence-electron chi connectivity index (χ0n) is 8.91. The lowest BCUT2D eigenvalue weighted by Crippen LogP contribution is -2.34. The lowest BCUT2D eigenvalue weighted by Gasteiger charge is -1.93. The SMILES string of the molecule is CC[n+]1c(C)n(C)c2cc(N)ccc21. The third kappa shape index (κ3) is 1.09. The van der Waals surface area contributed by atoms with E-state index >= 15 is 0 Å². The van der Waals surface area contributed by atoms with Crippen molar-refractivity contribution >= 4 is 16.7 Å². The van der Waals surface area contributed by atoms with Crippen molar-refractivity contribution in [1.82, 2.24) is 4.57 Å². The van der Waals surface area contributed by atoms with Gasteiger partial charge in [-0.05, 0) is 19.1 Å². The number of imidazole rings is 1. The van der Waals surface area contributed by atoms with Gasteiger partial charge in [-0.15, -0.1) is 0 Å². The fourth-order valence-corrected chi connectivity index (χ4v) is 1.97. The van der Waals surface area contributed by atoms with Crippen LogP contribution in [-0.4, -0.2) is 4.57 Å². The molecule has 0 amide bonds. The maximum atomic E-state index is 5.77. The summed E-state index contributed by atoms with van der Waals surface area (Å²) in [5.41, 5.74) is 9.04. The number of rotatable bonds is 1. The number of nitrogens with two attached hydrogens (primary N) is 1. The molecule has 0 aliphatic rings. The molecule has 0 atom stereocenters. The Morgan fingerprint density at radius 2 is 2.14 bits per heavy atom. The summed E-state index contributed by atoms with van der Waals surface area (Å²) in [4.78, 5) is 0. The molecule has 1 heterocycles. The van der Waals surface area contributed by atoms with Crippen molar-refractivity contribution in [2.45, 2.75) is 20.4 Å². The predicted octanol–water partition coefficient (Wildman–Crippen LogP) is 1.38. The average molecular weight is 190 g/mol. The summed E-state index contributed by atoms with van der Waals surface area (Å²) < 4.78 is 4.46. The van der Waals surface area contributed by atoms with Crippen LogP contribution in [0.4, 0.5) is 5.69 Å². The molecule has 0 spiro atoms. The summed E-state index contributed by atoms with van der Waals surface area (Å²) in [6.45, 7) is 5.27. The monoisotopic (exact) mass is 190 g/mol. The topological polar surface area (TPSA) is 34.8 Å². The van der Waals surface area contributed by atoms with E-state index in [-0.39, 0.29) is 0 Å². The highest BCUT2D eigenvalue weighted by Gasteiger charge is 2.17. The van der Waals surface area contributed by atoms with Crippen LogP contribution in [-0.2, 0) is 13.6 Å². The van der Waals surface area contributed by atoms with Gasteiger partial charge in [-0.25, -0.2) is 9.13 Å². The second-order valence-corrected chi connectivity index (χ2v) is 3.60. The molecular formula is C11H16N3+. The van der Waals surface area contributed by atoms with Gasteiger partial charge < -0.3 is 5.73 Å². The molecule has 2 rings (SSSR count). The molecule has 0 unspecified atom stereocenters. The summed E-state index contributed by atoms with van der Waals surface area (Å²) >= 11 is 0. The Bertz CT molecular complexity index is 483. The molecule has 1 aromatic carbocycles. The minimum absolute atomic E-state index is 0.821. The van der Waals surface area contributed by atoms with Crippen molar-refractivity contribution in [3.05, 3.63) is 24.0 Å². The zero-order chi connectivity index (χ0) is 10.3. The van der Waals surface area contributed by atoms with E-state index in [4.69, 9.17) is 5.73 Å². The van der Waals surface area contributed by atoms with Crippen molar-refractivity contribution in [1.29, 1.82) is 0 Å². The van der Waals surface area contributed by atoms with Crippen molar-refractivity contribution < 1.29 is 4.57 Å². The highest BCUT2D eigenvalue weighted by atomic mass is 15.1. The standard InChI is InChI=1S/C11H16N3/c1-4-14-8(2)13(3)11-7-9(12)5-6-10(11)14/h5-7H,4,12H2,1-3H3/q+1. The van der Waals surface area contributed by atoms with E-state index in [9.17, 15) is 0 Å². The highest BCUT2D eigenvalue weighted by Crippen LogP contribution is 2.16. The van der Waals surface area contributed by atoms with E-state index in [0.717, 1.165) is 12.2 Å². The largest absolute Gasteiger partial charge is 0.399 e. The van der Waals surface area contributed by atoms with Gasteiger partial charge in [0.1, 0.15) is 0 Å². The van der Waals surface area contributed by atoms with Crippen LogP contribution in [0.1, 0.15) is 12.7 Å². The third-order valence-electron chi connectivity index (χ3n) is 2.84. The Hall–Kier alpha value is -1.51. The minimum atomic E-state index is 0.821. The first-order chi connectivity index (χ1) is 6.65. The molecule has 14 heavy (non-hydrogen) atoms. The van der Waals surface area contributed by atoms with Crippen LogP contribution >= 0.6 is 0 Å². The highest BCUT2D eigenvalue weighted by molar-refractivity contribution is 5.76. The number of benzene rings is 1. The second-order valence-electron chi connectivity index (χ2n) is 3.60. The summed E-state index contributed by atoms with van der Waals surface area (Å²) in [6.07, 6.45) is 0. The van der Waals surface area contributed by atoms with Gasteiger partial charge in [0.15, 0.2) is 11.0 Å². The summed E-state index contributed by atoms with van der Waals surface area (Å²) in [6, 6.07) is 6.06. The average Bonchev–Trinajstić information content (AvgIpc) is 2.41. The minimum Gasteiger partial charge on any atom is -0.399 e. The first kappa shape index (κ1) is 9.06. The lowest BCUT2D eigenvalue weighted by atomic mass is 10.3. The third-order valence-corrected chi connectivity index (χ3v) is 2.84. The molecule has 2 aromatic rings. The van der Waals surface area contributed by atoms with Crippen LogP contribution in [0.5, 0.6) is 0 Å². The van der Waals surface area contributed by atoms with Crippen molar-refractivity contribution in [3.63, 3.8) is 0 Å². The molecule has 0 saturated heterocycles. The van der Waals surface area contributed by atoms with Gasteiger partial charge in [0.05, 0.1) is 13.6 Å². The number of aromatic nitrogens is 2. The summed E-state index contributed by atoms with van der Waals surface area (Å²) in [5.74, 6) is 1.26. The first-order valence-electron chi connectivity index (χ1n) is 4.89. The Morgan fingerprint density at radius 3 is 2.79 bits per heavy atom. The van der Waals surface area contributed by atoms with Gasteiger partial charge in [0.25, 0.3) is 5.82 Å². The number of anilines is 1. The van der Waals surface area contributed by atoms with E-state index in [1.165, 1.54) is 16.9 Å². The van der Waals surface area contributed by atoms with Crippen molar-refractivity contribution in [3.8, 4) is 0 Å². The zero-order valence-corrected chi connectivity index (χ0v) is 8.91. The molecule has 1 aromatic heterocycles. The number of fused-ring (bicyclic) bond motifs is 1. The van der Waals surface area contributed by atoms with Crippen LogP contribution in [0.25, 0.3) is 11.0 Å². The fraction of sp³-hybridized carbons (Fsp3) is 0.364. The first-order valence-corrected chi connectivity index (χ1v) is 4.89. The van der Waals surface area contributed by atoms with Crippen LogP contribution in [0.2, 0.25) is 0 Å². The molecule has 74 valence electrons. The number of hydrogen-bond donors (Lipinski definition) is 1. The molecule has 0 radical (unpaired) electrons. The molecule has 0 aliphatic carbocycles. The van der Waals surface area contributed by atoms with Gasteiger partial charge in [-0.1, -0.05) is 0 Å². The van der Waals surface area contributed by atoms with Crippen molar-refractivity contribution in [2.75, 3.05) is 5.73 Å². The summed E-state index contributed by atoms with van der Waals surface area (Å²) in [5, 5.41) is 0. The van der Waals surface area contributed by atoms with Gasteiger partial charge in [-0.2, -0.15) is 0 Å². The van der Waals surface area contributed by atoms with E-state index in [0.29, 0.717) is 0 Å². The molecule has 3 heteroatoms. The predicted molar refractivity (Wildman–Crippen MR) is 57.9 cm³/mol. The van der Waals surface area contributed by atoms with Crippen LogP contribution in [0.15, 0.2) is 18.2 Å². The van der Waals surface area contributed by atoms with Crippen molar-refractivity contribution in [2.24, 2.45) is 7.05 Å². The second kappa shape index (κ2) is 3.01. The van der Waals surface area contributed by atoms with Gasteiger partial charge in [0, 0.05) is 18.7 Å². The van der Waals surface area contributed by atoms with E-state index in [1.807, 2.05) is 12.1 Å². The number of nitrogen functional groups attached to an aromatic ring is 1. The molecule has 0 saturated carbocycles. The van der Waals surface area contributed by atoms with E-state index in [2.05, 4.69) is 36.1 Å². The Balaban J connectivity index is 2.88. The van der Waals surface area contributed by atoms with Gasteiger partial charge in [-0.3, -0.25) is 0 Å². The lowest BCUT2D eigenvalue weighted by molar-refractivity contribution is -0.674. The number of hydrogen-bond acceptors (Lipinski definition) is 1. The Labute approximate surface area is 83.8 Å². The number of aryl methyl sites for hydroxylation is 2. The molecule has 2 N–H and O–H groups in total. The molecular weight excluding hydrogens is 174 g/mol. The van der Waals surface area contributed by atoms with Gasteiger partial charge >= 0.3 is 0 Å². The molecule has 0 aliphatic heterocycles. The number of nitrogens with zero attached hydrogens (tertiary/aromatic N) is 2. The molecule has 3 nitrogen and oxygen atoms in total. The normalized spacial score (nSPS) is 11.1. The van der Waals surface area contributed by atoms with E-state index in [1.54, 1.807) is 0 Å². The smallest absolute Gasteiger partial charge is 0.253 e. The Kier molecular flexibility index (Phi) is 1.95. The van der Waals surface area contributed by atoms with Crippen LogP contribution in [0, 0.1) is 6.92 Å². The fourth-order valence-electron chi connectivity index (χ4n) is 1.97. The molecule has 0 bridgehead atoms. The van der Waals surface area contributed by atoms with Crippen LogP contribution in [0.3, 0.4) is 0 Å². The maximum absolute atomic E-state index is 5.77. The Morgan fingerprint density at radius 1 is 1.43 bits per heavy atom. The summed E-state index contributed by atoms with van der Waals surface area (Å²) in [7, 11) is 2.07. The van der Waals surface area contributed by atoms with E-state index < -0.39 is 0 Å². The van der Waals surface area contributed by atoms with Gasteiger partial charge in [0.2, 0.25) is 0 Å². The van der Waals surface area contributed by atoms with Crippen LogP contribution < -0.4 is 10.3 Å².